The van der Waals surface area contributed by atoms with E-state index in [-0.39, 0.29) is 0 Å². The van der Waals surface area contributed by atoms with Crippen molar-refractivity contribution in [1.29, 1.82) is 0 Å². The average Bonchev–Trinajstić information content (AvgIpc) is 2.70. The molecule has 3 rings (SSSR count). The Kier molecular flexibility index (Phi) is 6.74. The van der Waals surface area contributed by atoms with Gasteiger partial charge < -0.3 is 10.1 Å². The molecular formula is C20H20Cl2N4O. The van der Waals surface area contributed by atoms with Crippen LogP contribution in [0.2, 0.25) is 0 Å². The second-order valence-electron chi connectivity index (χ2n) is 5.86. The van der Waals surface area contributed by atoms with E-state index >= 15 is 0 Å². The van der Waals surface area contributed by atoms with Crippen molar-refractivity contribution < 1.29 is 5.21 Å². The molecule has 7 heteroatoms. The number of nitrogens with zero attached hydrogens (tertiary/aromatic N) is 4. The minimum Gasteiger partial charge on any atom is -0.428 e. The van der Waals surface area contributed by atoms with E-state index in [1.54, 1.807) is 18.5 Å². The molecule has 0 amide bonds. The predicted octanol–water partition coefficient (Wildman–Crippen LogP) is 4.10. The predicted molar refractivity (Wildman–Crippen MR) is 112 cm³/mol. The van der Waals surface area contributed by atoms with Crippen LogP contribution >= 0.6 is 23.2 Å². The number of rotatable bonds is 7. The molecule has 0 radical (unpaired) electrons. The normalized spacial score (nSPS) is 12.1. The van der Waals surface area contributed by atoms with E-state index in [9.17, 15) is 5.21 Å². The first-order chi connectivity index (χ1) is 13.2. The molecule has 1 heterocycles. The van der Waals surface area contributed by atoms with Crippen molar-refractivity contribution in [3.8, 4) is 0 Å². The molecule has 0 fully saturated rings. The fourth-order valence-corrected chi connectivity index (χ4v) is 3.20. The largest absolute Gasteiger partial charge is 0.428 e. The van der Waals surface area contributed by atoms with Crippen LogP contribution in [-0.2, 0) is 0 Å². The molecule has 1 N–H and O–H groups in total. The van der Waals surface area contributed by atoms with Gasteiger partial charge in [0.1, 0.15) is 0 Å². The molecule has 1 aromatic heterocycles. The van der Waals surface area contributed by atoms with Crippen molar-refractivity contribution in [2.24, 2.45) is 10.2 Å². The van der Waals surface area contributed by atoms with Gasteiger partial charge in [0, 0.05) is 42.1 Å². The van der Waals surface area contributed by atoms with Crippen LogP contribution in [0.4, 0.5) is 5.69 Å². The van der Waals surface area contributed by atoms with Gasteiger partial charge in [-0.15, -0.1) is 23.2 Å². The summed E-state index contributed by atoms with van der Waals surface area (Å²) in [6.07, 6.45) is 3.25. The Labute approximate surface area is 167 Å². The van der Waals surface area contributed by atoms with E-state index < -0.39 is 0 Å². The van der Waals surface area contributed by atoms with Gasteiger partial charge in [-0.3, -0.25) is 0 Å². The Bertz CT molecular complexity index is 977. The third-order valence-corrected chi connectivity index (χ3v) is 4.48. The number of halogens is 2. The third-order valence-electron chi connectivity index (χ3n) is 4.14. The molecule has 5 nitrogen and oxygen atoms in total. The lowest BCUT2D eigenvalue weighted by Gasteiger charge is -2.22. The summed E-state index contributed by atoms with van der Waals surface area (Å²) in [6.45, 7) is 1.51. The van der Waals surface area contributed by atoms with E-state index in [2.05, 4.69) is 15.1 Å². The van der Waals surface area contributed by atoms with Crippen LogP contribution < -0.4 is 10.3 Å². The van der Waals surface area contributed by atoms with Crippen molar-refractivity contribution in [2.75, 3.05) is 29.7 Å². The van der Waals surface area contributed by atoms with Gasteiger partial charge in [-0.25, -0.2) is 0 Å². The lowest BCUT2D eigenvalue weighted by Crippen LogP contribution is -2.27. The topological polar surface area (TPSA) is 53.1 Å². The maximum atomic E-state index is 9.86. The van der Waals surface area contributed by atoms with Gasteiger partial charge in [0.2, 0.25) is 0 Å². The molecule has 140 valence electrons. The van der Waals surface area contributed by atoms with Crippen molar-refractivity contribution >= 4 is 46.0 Å². The number of anilines is 1. The molecule has 3 aromatic rings. The van der Waals surface area contributed by atoms with Crippen LogP contribution in [0.3, 0.4) is 0 Å². The monoisotopic (exact) mass is 402 g/mol. The summed E-state index contributed by atoms with van der Waals surface area (Å²) in [4.78, 5) is 2.14. The Hall–Kier alpha value is -2.50. The second kappa shape index (κ2) is 9.44. The summed E-state index contributed by atoms with van der Waals surface area (Å²) in [6, 6.07) is 17.2. The molecule has 0 unspecified atom stereocenters. The van der Waals surface area contributed by atoms with Gasteiger partial charge >= 0.3 is 0 Å². The quantitative estimate of drug-likeness (QED) is 0.280. The number of benzene rings is 2. The Morgan fingerprint density at radius 3 is 2.37 bits per heavy atom. The highest BCUT2D eigenvalue weighted by molar-refractivity contribution is 6.18. The first-order valence-corrected chi connectivity index (χ1v) is 9.63. The molecule has 2 aromatic carbocycles. The minimum atomic E-state index is 0.553. The van der Waals surface area contributed by atoms with E-state index in [0.29, 0.717) is 22.6 Å². The Balaban J connectivity index is 1.81. The summed E-state index contributed by atoms with van der Waals surface area (Å²) >= 11 is 11.7. The maximum Gasteiger partial charge on any atom is 0.0967 e. The van der Waals surface area contributed by atoms with E-state index in [1.165, 1.54) is 0 Å². The molecule has 27 heavy (non-hydrogen) atoms. The maximum absolute atomic E-state index is 9.86. The molecule has 0 saturated heterocycles. The molecule has 0 atom stereocenters. The van der Waals surface area contributed by atoms with E-state index in [1.807, 2.05) is 48.5 Å². The minimum absolute atomic E-state index is 0.553. The van der Waals surface area contributed by atoms with Crippen LogP contribution in [0.1, 0.15) is 5.56 Å². The van der Waals surface area contributed by atoms with Crippen LogP contribution in [0.25, 0.3) is 10.9 Å². The zero-order chi connectivity index (χ0) is 19.1. The van der Waals surface area contributed by atoms with Crippen molar-refractivity contribution in [2.45, 2.75) is 0 Å². The average molecular weight is 403 g/mol. The standard InChI is InChI=1S/C20H20Cl2N4O/c21-10-13-25(14-11-22)17-7-5-16(6-8-17)15-23-24-19-9-12-26(27)20-4-2-1-3-18(19)20/h1-9,12,15,27H,10-11,13-14H2/b23-15+,24-19+. The van der Waals surface area contributed by atoms with Gasteiger partial charge in [-0.2, -0.15) is 14.9 Å². The number of para-hydroxylation sites is 1. The number of aromatic nitrogens is 1. The molecule has 0 bridgehead atoms. The zero-order valence-electron chi connectivity index (χ0n) is 14.7. The van der Waals surface area contributed by atoms with Gasteiger partial charge in [-0.1, -0.05) is 30.3 Å². The van der Waals surface area contributed by atoms with Gasteiger partial charge in [0.15, 0.2) is 0 Å². The molecule has 0 aliphatic heterocycles. The summed E-state index contributed by atoms with van der Waals surface area (Å²) in [5.74, 6) is 1.11. The van der Waals surface area contributed by atoms with Crippen molar-refractivity contribution in [3.05, 3.63) is 71.7 Å². The number of hydrogen-bond donors (Lipinski definition) is 1. The molecule has 0 saturated carbocycles. The molecular weight excluding hydrogens is 383 g/mol. The fraction of sp³-hybridized carbons (Fsp3) is 0.200. The van der Waals surface area contributed by atoms with Gasteiger partial charge in [0.05, 0.1) is 17.1 Å². The second-order valence-corrected chi connectivity index (χ2v) is 6.62. The Morgan fingerprint density at radius 1 is 0.963 bits per heavy atom. The number of hydrogen-bond acceptors (Lipinski definition) is 4. The van der Waals surface area contributed by atoms with Gasteiger partial charge in [0.25, 0.3) is 0 Å². The van der Waals surface area contributed by atoms with Crippen LogP contribution in [-0.4, -0.2) is 41.0 Å². The first-order valence-electron chi connectivity index (χ1n) is 8.56. The summed E-state index contributed by atoms with van der Waals surface area (Å²) < 4.78 is 1.07. The van der Waals surface area contributed by atoms with E-state index in [0.717, 1.165) is 34.5 Å². The lowest BCUT2D eigenvalue weighted by molar-refractivity contribution is 0.198. The fourth-order valence-electron chi connectivity index (χ4n) is 2.79. The summed E-state index contributed by atoms with van der Waals surface area (Å²) in [5.41, 5.74) is 2.69. The number of alkyl halides is 2. The molecule has 0 aliphatic carbocycles. The van der Waals surface area contributed by atoms with Crippen molar-refractivity contribution in [1.82, 2.24) is 4.73 Å². The number of fused-ring (bicyclic) bond motifs is 1. The van der Waals surface area contributed by atoms with Crippen molar-refractivity contribution in [3.63, 3.8) is 0 Å². The molecule has 0 spiro atoms. The zero-order valence-corrected chi connectivity index (χ0v) is 16.2. The molecule has 0 aliphatic rings. The third kappa shape index (κ3) is 4.81. The highest BCUT2D eigenvalue weighted by Gasteiger charge is 2.04. The summed E-state index contributed by atoms with van der Waals surface area (Å²) in [7, 11) is 0. The Morgan fingerprint density at radius 2 is 1.67 bits per heavy atom. The van der Waals surface area contributed by atoms with Gasteiger partial charge in [-0.05, 0) is 29.8 Å². The van der Waals surface area contributed by atoms with Crippen LogP contribution in [0, 0.1) is 0 Å². The first kappa shape index (κ1) is 19.3. The SMILES string of the molecule is On1cc/c(=N\N=C\c2ccc(N(CCCl)CCCl)cc2)c2ccccc21. The highest BCUT2D eigenvalue weighted by Crippen LogP contribution is 2.15. The highest BCUT2D eigenvalue weighted by atomic mass is 35.5. The smallest absolute Gasteiger partial charge is 0.0967 e. The van der Waals surface area contributed by atoms with Crippen LogP contribution in [0.15, 0.2) is 71.0 Å². The number of pyridine rings is 1. The van der Waals surface area contributed by atoms with Crippen LogP contribution in [0.5, 0.6) is 0 Å². The lowest BCUT2D eigenvalue weighted by atomic mass is 10.2. The summed E-state index contributed by atoms with van der Waals surface area (Å²) in [5, 5.41) is 19.9. The van der Waals surface area contributed by atoms with E-state index in [4.69, 9.17) is 23.2 Å².